The van der Waals surface area contributed by atoms with E-state index in [0.717, 1.165) is 58.9 Å². The second kappa shape index (κ2) is 6.89. The van der Waals surface area contributed by atoms with Gasteiger partial charge in [-0.2, -0.15) is 0 Å². The molecule has 3 aliphatic heterocycles. The van der Waals surface area contributed by atoms with Crippen LogP contribution >= 0.6 is 11.3 Å². The second-order valence-corrected chi connectivity index (χ2v) is 7.75. The van der Waals surface area contributed by atoms with E-state index in [9.17, 15) is 4.79 Å². The van der Waals surface area contributed by atoms with Gasteiger partial charge < -0.3 is 9.64 Å². The van der Waals surface area contributed by atoms with Crippen molar-refractivity contribution < 1.29 is 9.53 Å². The summed E-state index contributed by atoms with van der Waals surface area (Å²) in [5, 5.41) is 2.14. The Kier molecular flexibility index (Phi) is 4.66. The molecule has 0 bridgehead atoms. The molecule has 1 aromatic rings. The van der Waals surface area contributed by atoms with E-state index in [1.165, 1.54) is 4.88 Å². The summed E-state index contributed by atoms with van der Waals surface area (Å²) in [5.74, 6) is 0.351. The third-order valence-electron chi connectivity index (χ3n) is 5.43. The third-order valence-corrected chi connectivity index (χ3v) is 6.29. The topological polar surface area (TPSA) is 36.0 Å². The van der Waals surface area contributed by atoms with Gasteiger partial charge in [-0.3, -0.25) is 14.6 Å². The zero-order valence-corrected chi connectivity index (χ0v) is 14.3. The van der Waals surface area contributed by atoms with Crippen molar-refractivity contribution in [2.24, 2.45) is 0 Å². The molecule has 0 saturated carbocycles. The van der Waals surface area contributed by atoms with E-state index in [-0.39, 0.29) is 0 Å². The van der Waals surface area contributed by atoms with E-state index < -0.39 is 0 Å². The van der Waals surface area contributed by atoms with E-state index in [2.05, 4.69) is 32.2 Å². The highest BCUT2D eigenvalue weighted by Crippen LogP contribution is 2.33. The first-order valence-electron chi connectivity index (χ1n) is 8.67. The van der Waals surface area contributed by atoms with Crippen LogP contribution < -0.4 is 0 Å². The van der Waals surface area contributed by atoms with Gasteiger partial charge in [0.05, 0.1) is 13.2 Å². The summed E-state index contributed by atoms with van der Waals surface area (Å²) in [6.07, 6.45) is 1.84. The monoisotopic (exact) mass is 335 g/mol. The number of hydrogen-bond donors (Lipinski definition) is 0. The summed E-state index contributed by atoms with van der Waals surface area (Å²) < 4.78 is 5.40. The van der Waals surface area contributed by atoms with Crippen molar-refractivity contribution in [3.8, 4) is 0 Å². The van der Waals surface area contributed by atoms with Crippen molar-refractivity contribution >= 4 is 17.2 Å². The highest BCUT2D eigenvalue weighted by Gasteiger charge is 2.46. The van der Waals surface area contributed by atoms with E-state index in [4.69, 9.17) is 4.74 Å². The number of carbonyl (C=O) groups excluding carboxylic acids is 1. The maximum atomic E-state index is 12.5. The number of morpholine rings is 1. The molecule has 4 rings (SSSR count). The fourth-order valence-electron chi connectivity index (χ4n) is 4.17. The molecule has 3 saturated heterocycles. The molecule has 126 valence electrons. The Morgan fingerprint density at radius 3 is 2.83 bits per heavy atom. The normalized spacial score (nSPS) is 29.4. The van der Waals surface area contributed by atoms with Crippen LogP contribution in [0.3, 0.4) is 0 Å². The summed E-state index contributed by atoms with van der Waals surface area (Å²) in [7, 11) is 0. The first-order chi connectivity index (χ1) is 11.3. The van der Waals surface area contributed by atoms with Gasteiger partial charge >= 0.3 is 0 Å². The van der Waals surface area contributed by atoms with Crippen LogP contribution in [-0.2, 0) is 16.1 Å². The maximum absolute atomic E-state index is 12.5. The Bertz CT molecular complexity index is 530. The number of rotatable bonds is 5. The van der Waals surface area contributed by atoms with Crippen LogP contribution in [0, 0.1) is 0 Å². The highest BCUT2D eigenvalue weighted by atomic mass is 32.1. The number of hydrogen-bond acceptors (Lipinski definition) is 5. The minimum absolute atomic E-state index is 0.351. The molecule has 4 heterocycles. The molecule has 0 unspecified atom stereocenters. The smallest absolute Gasteiger partial charge is 0.224 e. The van der Waals surface area contributed by atoms with Crippen LogP contribution in [-0.4, -0.2) is 78.6 Å². The van der Waals surface area contributed by atoms with E-state index in [0.29, 0.717) is 24.4 Å². The number of likely N-dealkylation sites (tertiary alicyclic amines) is 2. The summed E-state index contributed by atoms with van der Waals surface area (Å²) in [4.78, 5) is 21.0. The van der Waals surface area contributed by atoms with Crippen LogP contribution in [0.15, 0.2) is 17.5 Å². The Morgan fingerprint density at radius 1 is 1.17 bits per heavy atom. The van der Waals surface area contributed by atoms with Crippen molar-refractivity contribution in [1.82, 2.24) is 14.7 Å². The minimum atomic E-state index is 0.351. The quantitative estimate of drug-likeness (QED) is 0.812. The van der Waals surface area contributed by atoms with Gasteiger partial charge in [0.2, 0.25) is 5.91 Å². The van der Waals surface area contributed by atoms with Crippen LogP contribution in [0.4, 0.5) is 0 Å². The molecule has 0 aliphatic carbocycles. The Balaban J connectivity index is 1.34. The van der Waals surface area contributed by atoms with Crippen molar-refractivity contribution in [1.29, 1.82) is 0 Å². The maximum Gasteiger partial charge on any atom is 0.224 e. The van der Waals surface area contributed by atoms with Crippen LogP contribution in [0.5, 0.6) is 0 Å². The molecule has 0 aromatic carbocycles. The van der Waals surface area contributed by atoms with Gasteiger partial charge in [0.25, 0.3) is 0 Å². The number of ether oxygens (including phenoxy) is 1. The molecule has 2 atom stereocenters. The fraction of sp³-hybridized carbons (Fsp3) is 0.706. The van der Waals surface area contributed by atoms with Gasteiger partial charge in [0, 0.05) is 62.7 Å². The summed E-state index contributed by atoms with van der Waals surface area (Å²) in [6.45, 7) is 7.65. The molecule has 1 aromatic heterocycles. The molecule has 1 amide bonds. The van der Waals surface area contributed by atoms with Crippen molar-refractivity contribution in [2.45, 2.75) is 31.5 Å². The SMILES string of the molecule is O=C1C[C@H]2[C@@H](CCN2Cc2cccs2)N1CCN1CCOCC1. The van der Waals surface area contributed by atoms with Crippen LogP contribution in [0.25, 0.3) is 0 Å². The van der Waals surface area contributed by atoms with Gasteiger partial charge in [0.1, 0.15) is 0 Å². The van der Waals surface area contributed by atoms with Gasteiger partial charge in [0.15, 0.2) is 0 Å². The average Bonchev–Trinajstić information content (AvgIpc) is 3.27. The van der Waals surface area contributed by atoms with Gasteiger partial charge in [-0.1, -0.05) is 6.07 Å². The molecular weight excluding hydrogens is 310 g/mol. The predicted octanol–water partition coefficient (Wildman–Crippen LogP) is 1.26. The molecule has 0 N–H and O–H groups in total. The molecule has 0 spiro atoms. The Hall–Kier alpha value is -0.950. The van der Waals surface area contributed by atoms with E-state index in [1.807, 2.05) is 11.3 Å². The lowest BCUT2D eigenvalue weighted by Gasteiger charge is -2.30. The zero-order chi connectivity index (χ0) is 15.6. The molecule has 3 aliphatic rings. The van der Waals surface area contributed by atoms with Gasteiger partial charge in [-0.05, 0) is 17.9 Å². The minimum Gasteiger partial charge on any atom is -0.379 e. The molecule has 6 heteroatoms. The zero-order valence-electron chi connectivity index (χ0n) is 13.5. The molecular formula is C17H25N3O2S. The van der Waals surface area contributed by atoms with Gasteiger partial charge in [-0.25, -0.2) is 0 Å². The van der Waals surface area contributed by atoms with Crippen LogP contribution in [0.1, 0.15) is 17.7 Å². The molecule has 0 radical (unpaired) electrons. The molecule has 3 fully saturated rings. The number of fused-ring (bicyclic) bond motifs is 1. The summed E-state index contributed by atoms with van der Waals surface area (Å²) >= 11 is 1.82. The van der Waals surface area contributed by atoms with Crippen molar-refractivity contribution in [3.63, 3.8) is 0 Å². The molecule has 5 nitrogen and oxygen atoms in total. The Labute approximate surface area is 141 Å². The first kappa shape index (κ1) is 15.6. The van der Waals surface area contributed by atoms with E-state index in [1.54, 1.807) is 0 Å². The van der Waals surface area contributed by atoms with E-state index >= 15 is 0 Å². The van der Waals surface area contributed by atoms with Crippen molar-refractivity contribution in [2.75, 3.05) is 45.9 Å². The lowest BCUT2D eigenvalue weighted by molar-refractivity contribution is -0.129. The number of thiophene rings is 1. The highest BCUT2D eigenvalue weighted by molar-refractivity contribution is 7.09. The second-order valence-electron chi connectivity index (χ2n) is 6.72. The largest absolute Gasteiger partial charge is 0.379 e. The first-order valence-corrected chi connectivity index (χ1v) is 9.55. The Morgan fingerprint density at radius 2 is 2.04 bits per heavy atom. The standard InChI is InChI=1S/C17H25N3O2S/c21-17-12-16-15(3-4-19(16)13-14-2-1-11-23-14)20(17)6-5-18-7-9-22-10-8-18/h1-2,11,15-16H,3-10,12-13H2/t15-,16+/m1/s1. The lowest BCUT2D eigenvalue weighted by Crippen LogP contribution is -2.44. The lowest BCUT2D eigenvalue weighted by atomic mass is 10.1. The van der Waals surface area contributed by atoms with Crippen molar-refractivity contribution in [3.05, 3.63) is 22.4 Å². The number of nitrogens with zero attached hydrogens (tertiary/aromatic N) is 3. The summed E-state index contributed by atoms with van der Waals surface area (Å²) in [6, 6.07) is 5.17. The summed E-state index contributed by atoms with van der Waals surface area (Å²) in [5.41, 5.74) is 0. The van der Waals surface area contributed by atoms with Crippen LogP contribution in [0.2, 0.25) is 0 Å². The third kappa shape index (κ3) is 3.31. The average molecular weight is 335 g/mol. The number of carbonyl (C=O) groups is 1. The number of amides is 1. The molecule has 23 heavy (non-hydrogen) atoms. The predicted molar refractivity (Wildman–Crippen MR) is 90.5 cm³/mol. The fourth-order valence-corrected chi connectivity index (χ4v) is 4.90. The van der Waals surface area contributed by atoms with Gasteiger partial charge in [-0.15, -0.1) is 11.3 Å².